The summed E-state index contributed by atoms with van der Waals surface area (Å²) in [5.41, 5.74) is 0.725. The summed E-state index contributed by atoms with van der Waals surface area (Å²) in [6, 6.07) is 10.7. The van der Waals surface area contributed by atoms with E-state index in [2.05, 4.69) is 10.3 Å². The number of carboxylic acid groups (broad SMARTS) is 1. The van der Waals surface area contributed by atoms with Gasteiger partial charge in [0.1, 0.15) is 18.0 Å². The van der Waals surface area contributed by atoms with E-state index in [1.165, 1.54) is 13.2 Å². The quantitative estimate of drug-likeness (QED) is 0.677. The number of methoxy groups -OCH3 is 1. The molecule has 1 unspecified atom stereocenters. The number of hydrogen-bond donors (Lipinski definition) is 2. The molecule has 0 aliphatic carbocycles. The smallest absolute Gasteiger partial charge is 0.408 e. The number of ether oxygens (including phenoxy) is 3. The standard InChI is InChI=1S/C22H28N2O6/c1-14-11-17(18(20(25)26)19(23-14)28-5)29-13-16(12-15-9-7-6-8-10-15)24-21(27)30-22(2,3)4/h6-11,16H,12-13H2,1-5H3,(H,24,27)(H,25,26). The number of alkyl carbamates (subject to hydrolysis) is 1. The van der Waals surface area contributed by atoms with Crippen molar-refractivity contribution < 1.29 is 28.9 Å². The van der Waals surface area contributed by atoms with E-state index in [-0.39, 0.29) is 23.8 Å². The number of carbonyl (C=O) groups excluding carboxylic acids is 1. The second-order valence-electron chi connectivity index (χ2n) is 7.80. The first-order valence-electron chi connectivity index (χ1n) is 9.54. The van der Waals surface area contributed by atoms with Crippen LogP contribution in [0.15, 0.2) is 36.4 Å². The zero-order valence-electron chi connectivity index (χ0n) is 17.9. The molecule has 8 nitrogen and oxygen atoms in total. The first-order valence-corrected chi connectivity index (χ1v) is 9.54. The van der Waals surface area contributed by atoms with Crippen LogP contribution in [0.3, 0.4) is 0 Å². The molecule has 1 heterocycles. The Labute approximate surface area is 176 Å². The van der Waals surface area contributed by atoms with Crippen LogP contribution in [0.25, 0.3) is 0 Å². The Hall–Kier alpha value is -3.29. The lowest BCUT2D eigenvalue weighted by molar-refractivity contribution is 0.0485. The number of carbonyl (C=O) groups is 2. The van der Waals surface area contributed by atoms with Crippen molar-refractivity contribution in [1.82, 2.24) is 10.3 Å². The van der Waals surface area contributed by atoms with E-state index in [1.54, 1.807) is 27.7 Å². The van der Waals surface area contributed by atoms with Gasteiger partial charge in [-0.3, -0.25) is 0 Å². The van der Waals surface area contributed by atoms with Crippen molar-refractivity contribution in [1.29, 1.82) is 0 Å². The first kappa shape index (κ1) is 23.0. The van der Waals surface area contributed by atoms with Gasteiger partial charge in [-0.05, 0) is 39.7 Å². The molecule has 1 aromatic heterocycles. The van der Waals surface area contributed by atoms with Crippen LogP contribution in [-0.4, -0.2) is 47.5 Å². The van der Waals surface area contributed by atoms with Gasteiger partial charge in [-0.1, -0.05) is 30.3 Å². The molecule has 0 spiro atoms. The molecule has 162 valence electrons. The Kier molecular flexibility index (Phi) is 7.63. The van der Waals surface area contributed by atoms with Crippen LogP contribution in [0, 0.1) is 6.92 Å². The van der Waals surface area contributed by atoms with Crippen molar-refractivity contribution in [2.45, 2.75) is 45.8 Å². The van der Waals surface area contributed by atoms with Gasteiger partial charge in [0.05, 0.1) is 13.2 Å². The molecule has 1 aromatic carbocycles. The third kappa shape index (κ3) is 6.95. The van der Waals surface area contributed by atoms with Crippen LogP contribution < -0.4 is 14.8 Å². The molecule has 0 radical (unpaired) electrons. The van der Waals surface area contributed by atoms with Gasteiger partial charge < -0.3 is 24.6 Å². The summed E-state index contributed by atoms with van der Waals surface area (Å²) in [7, 11) is 1.35. The van der Waals surface area contributed by atoms with Crippen molar-refractivity contribution in [3.8, 4) is 11.6 Å². The monoisotopic (exact) mass is 416 g/mol. The molecular formula is C22H28N2O6. The number of aromatic nitrogens is 1. The predicted octanol–water partition coefficient (Wildman–Crippen LogP) is 3.61. The Morgan fingerprint density at radius 1 is 1.20 bits per heavy atom. The summed E-state index contributed by atoms with van der Waals surface area (Å²) >= 11 is 0. The lowest BCUT2D eigenvalue weighted by Crippen LogP contribution is -2.43. The molecule has 0 aliphatic heterocycles. The highest BCUT2D eigenvalue weighted by Gasteiger charge is 2.24. The number of benzene rings is 1. The normalized spacial score (nSPS) is 12.0. The Morgan fingerprint density at radius 2 is 1.87 bits per heavy atom. The predicted molar refractivity (Wildman–Crippen MR) is 111 cm³/mol. The summed E-state index contributed by atoms with van der Waals surface area (Å²) in [5, 5.41) is 12.4. The lowest BCUT2D eigenvalue weighted by Gasteiger charge is -2.24. The van der Waals surface area contributed by atoms with Crippen molar-refractivity contribution in [2.75, 3.05) is 13.7 Å². The molecule has 2 aromatic rings. The number of aryl methyl sites for hydroxylation is 1. The van der Waals surface area contributed by atoms with Crippen LogP contribution in [0.4, 0.5) is 4.79 Å². The topological polar surface area (TPSA) is 107 Å². The number of nitrogens with one attached hydrogen (secondary N) is 1. The molecule has 2 N–H and O–H groups in total. The number of carboxylic acids is 1. The molecule has 0 bridgehead atoms. The van der Waals surface area contributed by atoms with Crippen LogP contribution in [-0.2, 0) is 11.2 Å². The number of amides is 1. The van der Waals surface area contributed by atoms with E-state index >= 15 is 0 Å². The molecule has 0 saturated heterocycles. The van der Waals surface area contributed by atoms with Crippen molar-refractivity contribution in [2.24, 2.45) is 0 Å². The summed E-state index contributed by atoms with van der Waals surface area (Å²) in [5.74, 6) is -1.12. The molecular weight excluding hydrogens is 388 g/mol. The first-order chi connectivity index (χ1) is 14.1. The van der Waals surface area contributed by atoms with Gasteiger partial charge in [-0.15, -0.1) is 0 Å². The third-order valence-electron chi connectivity index (χ3n) is 3.97. The van der Waals surface area contributed by atoms with Crippen LogP contribution in [0.2, 0.25) is 0 Å². The summed E-state index contributed by atoms with van der Waals surface area (Å²) in [6.07, 6.45) is -0.0991. The second-order valence-corrected chi connectivity index (χ2v) is 7.80. The number of aromatic carboxylic acids is 1. The van der Waals surface area contributed by atoms with Crippen LogP contribution in [0.5, 0.6) is 11.6 Å². The molecule has 0 aliphatic rings. The molecule has 1 atom stereocenters. The van der Waals surface area contributed by atoms with Gasteiger partial charge in [0.15, 0.2) is 5.56 Å². The van der Waals surface area contributed by atoms with E-state index in [4.69, 9.17) is 14.2 Å². The van der Waals surface area contributed by atoms with Gasteiger partial charge in [0, 0.05) is 11.8 Å². The van der Waals surface area contributed by atoms with Gasteiger partial charge in [-0.25, -0.2) is 14.6 Å². The third-order valence-corrected chi connectivity index (χ3v) is 3.97. The zero-order valence-corrected chi connectivity index (χ0v) is 17.9. The Morgan fingerprint density at radius 3 is 2.43 bits per heavy atom. The number of nitrogens with zero attached hydrogens (tertiary/aromatic N) is 1. The van der Waals surface area contributed by atoms with Crippen molar-refractivity contribution in [3.05, 3.63) is 53.2 Å². The van der Waals surface area contributed by atoms with Gasteiger partial charge in [0.2, 0.25) is 5.88 Å². The maximum Gasteiger partial charge on any atom is 0.408 e. The summed E-state index contributed by atoms with van der Waals surface area (Å²) < 4.78 is 16.3. The average molecular weight is 416 g/mol. The van der Waals surface area contributed by atoms with Gasteiger partial charge >= 0.3 is 12.1 Å². The summed E-state index contributed by atoms with van der Waals surface area (Å²) in [6.45, 7) is 7.07. The zero-order chi connectivity index (χ0) is 22.3. The Balaban J connectivity index is 2.22. The average Bonchev–Trinajstić information content (AvgIpc) is 2.64. The van der Waals surface area contributed by atoms with Crippen molar-refractivity contribution >= 4 is 12.1 Å². The number of pyridine rings is 1. The van der Waals surface area contributed by atoms with Gasteiger partial charge in [0.25, 0.3) is 0 Å². The highest BCUT2D eigenvalue weighted by molar-refractivity contribution is 5.93. The van der Waals surface area contributed by atoms with E-state index in [1.807, 2.05) is 30.3 Å². The molecule has 0 saturated carbocycles. The highest BCUT2D eigenvalue weighted by atomic mass is 16.6. The van der Waals surface area contributed by atoms with E-state index in [0.29, 0.717) is 12.1 Å². The minimum absolute atomic E-state index is 0.0288. The molecule has 30 heavy (non-hydrogen) atoms. The minimum Gasteiger partial charge on any atom is -0.490 e. The SMILES string of the molecule is COc1nc(C)cc(OCC(Cc2ccccc2)NC(=O)OC(C)(C)C)c1C(=O)O. The minimum atomic E-state index is -1.21. The van der Waals surface area contributed by atoms with E-state index < -0.39 is 23.7 Å². The number of hydrogen-bond acceptors (Lipinski definition) is 6. The van der Waals surface area contributed by atoms with E-state index in [9.17, 15) is 14.7 Å². The second kappa shape index (κ2) is 9.96. The lowest BCUT2D eigenvalue weighted by atomic mass is 10.1. The largest absolute Gasteiger partial charge is 0.490 e. The maximum absolute atomic E-state index is 12.3. The fourth-order valence-corrected chi connectivity index (χ4v) is 2.79. The fraction of sp³-hybridized carbons (Fsp3) is 0.409. The maximum atomic E-state index is 12.3. The van der Waals surface area contributed by atoms with Crippen LogP contribution >= 0.6 is 0 Å². The summed E-state index contributed by atoms with van der Waals surface area (Å²) in [4.78, 5) is 28.1. The fourth-order valence-electron chi connectivity index (χ4n) is 2.79. The van der Waals surface area contributed by atoms with Crippen molar-refractivity contribution in [3.63, 3.8) is 0 Å². The van der Waals surface area contributed by atoms with Crippen LogP contribution in [0.1, 0.15) is 42.4 Å². The highest BCUT2D eigenvalue weighted by Crippen LogP contribution is 2.28. The Bertz CT molecular complexity index is 877. The molecule has 1 amide bonds. The molecule has 0 fully saturated rings. The van der Waals surface area contributed by atoms with Gasteiger partial charge in [-0.2, -0.15) is 0 Å². The molecule has 8 heteroatoms. The molecule has 2 rings (SSSR count). The van der Waals surface area contributed by atoms with E-state index in [0.717, 1.165) is 5.56 Å². The number of rotatable bonds is 8.